The van der Waals surface area contributed by atoms with Crippen LogP contribution in [0.3, 0.4) is 0 Å². The normalized spacial score (nSPS) is 15.3. The van der Waals surface area contributed by atoms with Gasteiger partial charge in [-0.15, -0.1) is 0 Å². The molecule has 0 saturated carbocycles. The van der Waals surface area contributed by atoms with E-state index >= 15 is 0 Å². The third-order valence-corrected chi connectivity index (χ3v) is 2.83. The van der Waals surface area contributed by atoms with Gasteiger partial charge in [-0.25, -0.2) is 4.79 Å². The van der Waals surface area contributed by atoms with Gasteiger partial charge in [0.15, 0.2) is 6.10 Å². The van der Waals surface area contributed by atoms with Crippen LogP contribution in [0.1, 0.15) is 18.9 Å². The van der Waals surface area contributed by atoms with E-state index < -0.39 is 23.5 Å². The Balaban J connectivity index is 2.56. The van der Waals surface area contributed by atoms with Crippen molar-refractivity contribution in [3.63, 3.8) is 0 Å². The molecule has 1 unspecified atom stereocenters. The zero-order chi connectivity index (χ0) is 14.5. The summed E-state index contributed by atoms with van der Waals surface area (Å²) >= 11 is 0. The molecule has 6 nitrogen and oxygen atoms in total. The largest absolute Gasteiger partial charge is 0.479 e. The highest BCUT2D eigenvalue weighted by Gasteiger charge is 2.30. The lowest BCUT2D eigenvalue weighted by molar-refractivity contribution is -0.147. The fraction of sp³-hybridized carbons (Fsp3) is 0.385. The molecule has 19 heavy (non-hydrogen) atoms. The van der Waals surface area contributed by atoms with E-state index in [-0.39, 0.29) is 13.0 Å². The molecule has 1 aromatic rings. The molecule has 6 heteroatoms. The van der Waals surface area contributed by atoms with Crippen molar-refractivity contribution in [2.45, 2.75) is 25.0 Å². The molecule has 0 heterocycles. The summed E-state index contributed by atoms with van der Waals surface area (Å²) < 4.78 is 0. The second-order valence-electron chi connectivity index (χ2n) is 4.47. The van der Waals surface area contributed by atoms with E-state index in [4.69, 9.17) is 15.9 Å². The number of carboxylic acid groups (broad SMARTS) is 1. The van der Waals surface area contributed by atoms with Crippen LogP contribution in [0.2, 0.25) is 0 Å². The Labute approximate surface area is 111 Å². The number of amides is 1. The van der Waals surface area contributed by atoms with E-state index in [0.717, 1.165) is 0 Å². The van der Waals surface area contributed by atoms with Crippen molar-refractivity contribution < 1.29 is 19.8 Å². The lowest BCUT2D eigenvalue weighted by Gasteiger charge is -2.24. The lowest BCUT2D eigenvalue weighted by atomic mass is 9.92. The Morgan fingerprint density at radius 1 is 1.37 bits per heavy atom. The highest BCUT2D eigenvalue weighted by molar-refractivity contribution is 5.87. The third-order valence-electron chi connectivity index (χ3n) is 2.83. The molecule has 0 bridgehead atoms. The molecule has 1 rings (SSSR count). The van der Waals surface area contributed by atoms with Crippen molar-refractivity contribution in [1.29, 1.82) is 0 Å². The molecule has 0 aliphatic rings. The summed E-state index contributed by atoms with van der Waals surface area (Å²) in [6.45, 7) is 1.62. The first-order valence-corrected chi connectivity index (χ1v) is 5.89. The van der Waals surface area contributed by atoms with Crippen molar-refractivity contribution in [3.05, 3.63) is 35.9 Å². The van der Waals surface area contributed by atoms with Crippen LogP contribution in [0.5, 0.6) is 0 Å². The smallest absolute Gasteiger partial charge is 0.332 e. The Morgan fingerprint density at radius 2 is 1.95 bits per heavy atom. The zero-order valence-corrected chi connectivity index (χ0v) is 10.7. The van der Waals surface area contributed by atoms with Gasteiger partial charge in [-0.05, 0) is 12.5 Å². The highest BCUT2D eigenvalue weighted by atomic mass is 16.4. The average molecular weight is 266 g/mol. The summed E-state index contributed by atoms with van der Waals surface area (Å²) in [4.78, 5) is 22.4. The van der Waals surface area contributed by atoms with Crippen LogP contribution in [-0.2, 0) is 15.1 Å². The predicted molar refractivity (Wildman–Crippen MR) is 69.3 cm³/mol. The number of carboxylic acids is 1. The average Bonchev–Trinajstić information content (AvgIpc) is 2.39. The molecule has 0 aliphatic heterocycles. The molecule has 0 fully saturated rings. The Morgan fingerprint density at radius 3 is 2.47 bits per heavy atom. The second-order valence-corrected chi connectivity index (χ2v) is 4.47. The summed E-state index contributed by atoms with van der Waals surface area (Å²) in [5.41, 5.74) is 5.43. The van der Waals surface area contributed by atoms with Crippen LogP contribution >= 0.6 is 0 Å². The van der Waals surface area contributed by atoms with E-state index in [1.54, 1.807) is 31.2 Å². The first kappa shape index (κ1) is 15.1. The maximum atomic E-state index is 12.0. The predicted octanol–water partition coefficient (Wildman–Crippen LogP) is -0.188. The van der Waals surface area contributed by atoms with Crippen molar-refractivity contribution in [2.75, 3.05) is 6.54 Å². The van der Waals surface area contributed by atoms with Crippen molar-refractivity contribution in [2.24, 2.45) is 5.73 Å². The molecule has 5 N–H and O–H groups in total. The summed E-state index contributed by atoms with van der Waals surface area (Å²) in [6.07, 6.45) is -1.55. The minimum absolute atomic E-state index is 0.0475. The molecule has 1 amide bonds. The van der Waals surface area contributed by atoms with Gasteiger partial charge in [-0.2, -0.15) is 0 Å². The fourth-order valence-electron chi connectivity index (χ4n) is 1.54. The van der Waals surface area contributed by atoms with Gasteiger partial charge >= 0.3 is 5.97 Å². The second kappa shape index (κ2) is 6.31. The first-order chi connectivity index (χ1) is 8.85. The zero-order valence-electron chi connectivity index (χ0n) is 10.7. The molecular weight excluding hydrogens is 248 g/mol. The van der Waals surface area contributed by atoms with Gasteiger partial charge in [0.1, 0.15) is 5.54 Å². The van der Waals surface area contributed by atoms with Gasteiger partial charge in [0.2, 0.25) is 5.91 Å². The molecule has 1 aromatic carbocycles. The number of carbonyl (C=O) groups excluding carboxylic acids is 1. The summed E-state index contributed by atoms with van der Waals surface area (Å²) in [5.74, 6) is -1.73. The SMILES string of the molecule is CC(N)(C(=O)NCC[C@H](O)C(=O)O)c1ccccc1. The van der Waals surface area contributed by atoms with Gasteiger partial charge in [0, 0.05) is 13.0 Å². The molecule has 2 atom stereocenters. The van der Waals surface area contributed by atoms with Crippen molar-refractivity contribution in [3.8, 4) is 0 Å². The van der Waals surface area contributed by atoms with E-state index in [9.17, 15) is 9.59 Å². The minimum atomic E-state index is -1.49. The minimum Gasteiger partial charge on any atom is -0.479 e. The first-order valence-electron chi connectivity index (χ1n) is 5.89. The Bertz CT molecular complexity index is 445. The third kappa shape index (κ3) is 4.04. The maximum absolute atomic E-state index is 12.0. The number of rotatable bonds is 6. The quantitative estimate of drug-likeness (QED) is 0.570. The van der Waals surface area contributed by atoms with Gasteiger partial charge in [-0.3, -0.25) is 4.79 Å². The number of carbonyl (C=O) groups is 2. The lowest BCUT2D eigenvalue weighted by Crippen LogP contribution is -2.49. The van der Waals surface area contributed by atoms with Crippen LogP contribution in [0.25, 0.3) is 0 Å². The van der Waals surface area contributed by atoms with Crippen LogP contribution in [0, 0.1) is 0 Å². The van der Waals surface area contributed by atoms with E-state index in [2.05, 4.69) is 5.32 Å². The maximum Gasteiger partial charge on any atom is 0.332 e. The highest BCUT2D eigenvalue weighted by Crippen LogP contribution is 2.17. The van der Waals surface area contributed by atoms with E-state index in [0.29, 0.717) is 5.56 Å². The van der Waals surface area contributed by atoms with Gasteiger partial charge in [-0.1, -0.05) is 30.3 Å². The number of nitrogens with one attached hydrogen (secondary N) is 1. The number of aliphatic hydroxyl groups excluding tert-OH is 1. The molecule has 0 aromatic heterocycles. The molecule has 0 aliphatic carbocycles. The molecule has 0 radical (unpaired) electrons. The standard InChI is InChI=1S/C13H18N2O4/c1-13(14,9-5-3-2-4-6-9)12(19)15-8-7-10(16)11(17)18/h2-6,10,16H,7-8,14H2,1H3,(H,15,19)(H,17,18)/t10-,13?/m0/s1. The summed E-state index contributed by atoms with van der Waals surface area (Å²) in [5, 5.41) is 20.1. The van der Waals surface area contributed by atoms with Crippen LogP contribution < -0.4 is 11.1 Å². The number of benzene rings is 1. The number of hydrogen-bond donors (Lipinski definition) is 4. The van der Waals surface area contributed by atoms with Crippen LogP contribution in [0.15, 0.2) is 30.3 Å². The van der Waals surface area contributed by atoms with Gasteiger partial charge in [0.05, 0.1) is 0 Å². The summed E-state index contributed by atoms with van der Waals surface area (Å²) in [7, 11) is 0. The summed E-state index contributed by atoms with van der Waals surface area (Å²) in [6, 6.07) is 8.86. The van der Waals surface area contributed by atoms with Crippen LogP contribution in [0.4, 0.5) is 0 Å². The molecule has 104 valence electrons. The Kier molecular flexibility index (Phi) is 5.02. The Hall–Kier alpha value is -1.92. The van der Waals surface area contributed by atoms with E-state index in [1.807, 2.05) is 6.07 Å². The molecule has 0 spiro atoms. The number of aliphatic hydroxyl groups is 1. The van der Waals surface area contributed by atoms with Crippen molar-refractivity contribution in [1.82, 2.24) is 5.32 Å². The number of hydrogen-bond acceptors (Lipinski definition) is 4. The molecule has 0 saturated heterocycles. The number of nitrogens with two attached hydrogens (primary N) is 1. The van der Waals surface area contributed by atoms with Gasteiger partial charge in [0.25, 0.3) is 0 Å². The van der Waals surface area contributed by atoms with Crippen molar-refractivity contribution >= 4 is 11.9 Å². The van der Waals surface area contributed by atoms with Crippen LogP contribution in [-0.4, -0.2) is 34.7 Å². The topological polar surface area (TPSA) is 113 Å². The van der Waals surface area contributed by atoms with Gasteiger partial charge < -0.3 is 21.3 Å². The monoisotopic (exact) mass is 266 g/mol. The number of aliphatic carboxylic acids is 1. The van der Waals surface area contributed by atoms with E-state index in [1.165, 1.54) is 0 Å². The molecular formula is C13H18N2O4. The fourth-order valence-corrected chi connectivity index (χ4v) is 1.54.